The van der Waals surface area contributed by atoms with Crippen LogP contribution < -0.4 is 5.73 Å². The molecule has 0 bridgehead atoms. The Morgan fingerprint density at radius 2 is 1.25 bits per heavy atom. The normalized spacial score (nSPS) is 10.8. The summed E-state index contributed by atoms with van der Waals surface area (Å²) in [5.74, 6) is 0. The predicted molar refractivity (Wildman–Crippen MR) is 88.8 cm³/mol. The lowest BCUT2D eigenvalue weighted by atomic mass is 10.0. The highest BCUT2D eigenvalue weighted by molar-refractivity contribution is 5.12. The maximum absolute atomic E-state index is 5.48. The van der Waals surface area contributed by atoms with Gasteiger partial charge in [-0.25, -0.2) is 0 Å². The fraction of sp³-hybridized carbons (Fsp3) is 0.684. The van der Waals surface area contributed by atoms with Crippen molar-refractivity contribution in [1.82, 2.24) is 0 Å². The summed E-state index contributed by atoms with van der Waals surface area (Å²) in [5.41, 5.74) is 6.85. The highest BCUT2D eigenvalue weighted by atomic mass is 14.5. The minimum Gasteiger partial charge on any atom is -0.330 e. The van der Waals surface area contributed by atoms with Crippen LogP contribution in [0.25, 0.3) is 0 Å². The van der Waals surface area contributed by atoms with E-state index >= 15 is 0 Å². The summed E-state index contributed by atoms with van der Waals surface area (Å²) < 4.78 is 0. The van der Waals surface area contributed by atoms with Crippen LogP contribution >= 0.6 is 0 Å². The Hall–Kier alpha value is -0.820. The molecule has 1 aromatic carbocycles. The van der Waals surface area contributed by atoms with Crippen LogP contribution in [-0.4, -0.2) is 6.54 Å². The van der Waals surface area contributed by atoms with E-state index in [-0.39, 0.29) is 0 Å². The monoisotopic (exact) mass is 274 g/mol. The van der Waals surface area contributed by atoms with E-state index < -0.39 is 0 Å². The first-order valence-corrected chi connectivity index (χ1v) is 8.59. The maximum atomic E-state index is 5.48. The SMILES string of the molecule is NCCCCCCCCCCCCCc1[c]cccc1. The van der Waals surface area contributed by atoms with Crippen LogP contribution in [0.15, 0.2) is 24.3 Å². The molecule has 0 aromatic heterocycles. The van der Waals surface area contributed by atoms with Gasteiger partial charge in [0, 0.05) is 0 Å². The molecule has 20 heavy (non-hydrogen) atoms. The van der Waals surface area contributed by atoms with Crippen LogP contribution in [0, 0.1) is 6.07 Å². The van der Waals surface area contributed by atoms with Crippen LogP contribution in [0.2, 0.25) is 0 Å². The molecule has 0 fully saturated rings. The third kappa shape index (κ3) is 10.0. The van der Waals surface area contributed by atoms with Gasteiger partial charge in [0.2, 0.25) is 0 Å². The Labute approximate surface area is 126 Å². The molecule has 1 rings (SSSR count). The van der Waals surface area contributed by atoms with E-state index in [0.29, 0.717) is 0 Å². The van der Waals surface area contributed by atoms with Crippen LogP contribution in [0.4, 0.5) is 0 Å². The van der Waals surface area contributed by atoms with Gasteiger partial charge in [0.25, 0.3) is 0 Å². The Morgan fingerprint density at radius 1 is 0.700 bits per heavy atom. The number of nitrogens with two attached hydrogens (primary N) is 1. The molecule has 0 atom stereocenters. The highest BCUT2D eigenvalue weighted by Gasteiger charge is 1.95. The number of rotatable bonds is 13. The molecule has 0 saturated carbocycles. The van der Waals surface area contributed by atoms with Gasteiger partial charge >= 0.3 is 0 Å². The minimum absolute atomic E-state index is 0.862. The van der Waals surface area contributed by atoms with Gasteiger partial charge in [0.15, 0.2) is 0 Å². The van der Waals surface area contributed by atoms with Crippen molar-refractivity contribution in [2.75, 3.05) is 6.54 Å². The van der Waals surface area contributed by atoms with Gasteiger partial charge in [-0.15, -0.1) is 0 Å². The average molecular weight is 274 g/mol. The summed E-state index contributed by atoms with van der Waals surface area (Å²) in [5, 5.41) is 0. The Balaban J connectivity index is 1.77. The molecular weight excluding hydrogens is 242 g/mol. The Bertz CT molecular complexity index is 294. The third-order valence-electron chi connectivity index (χ3n) is 3.92. The van der Waals surface area contributed by atoms with Crippen LogP contribution in [0.3, 0.4) is 0 Å². The van der Waals surface area contributed by atoms with E-state index in [0.717, 1.165) is 6.54 Å². The first kappa shape index (κ1) is 17.2. The van der Waals surface area contributed by atoms with E-state index in [2.05, 4.69) is 18.2 Å². The molecule has 0 aliphatic rings. The van der Waals surface area contributed by atoms with Crippen molar-refractivity contribution < 1.29 is 0 Å². The molecule has 2 N–H and O–H groups in total. The van der Waals surface area contributed by atoms with Gasteiger partial charge < -0.3 is 5.73 Å². The number of benzene rings is 1. The minimum atomic E-state index is 0.862. The molecular formula is C19H32N. The average Bonchev–Trinajstić information content (AvgIpc) is 2.49. The zero-order valence-corrected chi connectivity index (χ0v) is 13.1. The number of unbranched alkanes of at least 4 members (excludes halogenated alkanes) is 10. The van der Waals surface area contributed by atoms with Crippen molar-refractivity contribution in [1.29, 1.82) is 0 Å². The first-order valence-electron chi connectivity index (χ1n) is 8.59. The second-order valence-corrected chi connectivity index (χ2v) is 5.82. The molecule has 0 heterocycles. The van der Waals surface area contributed by atoms with Crippen molar-refractivity contribution in [3.05, 3.63) is 35.9 Å². The molecule has 1 heteroatoms. The lowest BCUT2D eigenvalue weighted by molar-refractivity contribution is 0.546. The zero-order valence-electron chi connectivity index (χ0n) is 13.1. The fourth-order valence-corrected chi connectivity index (χ4v) is 2.64. The summed E-state index contributed by atoms with van der Waals surface area (Å²) >= 11 is 0. The van der Waals surface area contributed by atoms with Gasteiger partial charge in [-0.2, -0.15) is 0 Å². The molecule has 0 aliphatic heterocycles. The zero-order chi connectivity index (χ0) is 14.3. The molecule has 0 saturated heterocycles. The Morgan fingerprint density at radius 3 is 1.75 bits per heavy atom. The molecule has 113 valence electrons. The third-order valence-corrected chi connectivity index (χ3v) is 3.92. The quantitative estimate of drug-likeness (QED) is 0.487. The maximum Gasteiger partial charge on any atom is -0.00773 e. The van der Waals surface area contributed by atoms with E-state index in [9.17, 15) is 0 Å². The largest absolute Gasteiger partial charge is 0.330 e. The van der Waals surface area contributed by atoms with Crippen molar-refractivity contribution in [3.8, 4) is 0 Å². The van der Waals surface area contributed by atoms with Crippen molar-refractivity contribution in [2.45, 2.75) is 77.0 Å². The molecule has 0 aliphatic carbocycles. The van der Waals surface area contributed by atoms with Crippen LogP contribution in [0.5, 0.6) is 0 Å². The van der Waals surface area contributed by atoms with Crippen LogP contribution in [0.1, 0.15) is 76.2 Å². The summed E-state index contributed by atoms with van der Waals surface area (Å²) in [7, 11) is 0. The second-order valence-electron chi connectivity index (χ2n) is 5.82. The van der Waals surface area contributed by atoms with E-state index in [4.69, 9.17) is 5.73 Å². The van der Waals surface area contributed by atoms with E-state index in [1.807, 2.05) is 12.1 Å². The molecule has 0 spiro atoms. The topological polar surface area (TPSA) is 26.0 Å². The number of hydrogen-bond donors (Lipinski definition) is 1. The van der Waals surface area contributed by atoms with E-state index in [1.165, 1.54) is 82.6 Å². The highest BCUT2D eigenvalue weighted by Crippen LogP contribution is 2.12. The van der Waals surface area contributed by atoms with Crippen molar-refractivity contribution in [3.63, 3.8) is 0 Å². The molecule has 1 aromatic rings. The Kier molecular flexibility index (Phi) is 11.4. The standard InChI is InChI=1S/C19H32N/c20-18-14-9-7-5-3-1-2-4-6-8-11-15-19-16-12-10-13-17-19/h10,12-13,16H,1-9,11,14-15,18,20H2. The summed E-state index contributed by atoms with van der Waals surface area (Å²) in [6.07, 6.45) is 16.3. The van der Waals surface area contributed by atoms with Crippen LogP contribution in [-0.2, 0) is 6.42 Å². The summed E-state index contributed by atoms with van der Waals surface area (Å²) in [4.78, 5) is 0. The van der Waals surface area contributed by atoms with Crippen molar-refractivity contribution in [2.24, 2.45) is 5.73 Å². The smallest absolute Gasteiger partial charge is 0.00773 e. The molecule has 0 amide bonds. The molecule has 1 nitrogen and oxygen atoms in total. The molecule has 0 unspecified atom stereocenters. The van der Waals surface area contributed by atoms with Gasteiger partial charge in [-0.3, -0.25) is 0 Å². The predicted octanol–water partition coefficient (Wildman–Crippen LogP) is 5.28. The van der Waals surface area contributed by atoms with Gasteiger partial charge in [-0.05, 0) is 37.4 Å². The van der Waals surface area contributed by atoms with Gasteiger partial charge in [0.1, 0.15) is 0 Å². The summed E-state index contributed by atoms with van der Waals surface area (Å²) in [6, 6.07) is 11.7. The van der Waals surface area contributed by atoms with E-state index in [1.54, 1.807) is 0 Å². The lowest BCUT2D eigenvalue weighted by Gasteiger charge is -2.03. The second kappa shape index (κ2) is 13.2. The van der Waals surface area contributed by atoms with Crippen molar-refractivity contribution >= 4 is 0 Å². The molecule has 1 radical (unpaired) electrons. The van der Waals surface area contributed by atoms with Gasteiger partial charge in [0.05, 0.1) is 0 Å². The number of hydrogen-bond acceptors (Lipinski definition) is 1. The van der Waals surface area contributed by atoms with Gasteiger partial charge in [-0.1, -0.05) is 82.1 Å². The fourth-order valence-electron chi connectivity index (χ4n) is 2.64. The first-order chi connectivity index (χ1) is 9.93. The lowest BCUT2D eigenvalue weighted by Crippen LogP contribution is -1.97. The number of aryl methyl sites for hydroxylation is 1. The summed E-state index contributed by atoms with van der Waals surface area (Å²) in [6.45, 7) is 0.862.